The Morgan fingerprint density at radius 1 is 1.04 bits per heavy atom. The number of nitrogens with zero attached hydrogens (tertiary/aromatic N) is 2. The van der Waals surface area contributed by atoms with Gasteiger partial charge in [0.05, 0.1) is 5.52 Å². The SMILES string of the molecule is Cc1cc(OCc2ccccc2F)ccc1Nc1ncnc2ccc(Br)cc12. The van der Waals surface area contributed by atoms with E-state index in [2.05, 4.69) is 31.2 Å². The molecule has 0 amide bonds. The van der Waals surface area contributed by atoms with Crippen LogP contribution in [-0.2, 0) is 6.61 Å². The average Bonchev–Trinajstić information content (AvgIpc) is 2.69. The third-order valence-corrected chi connectivity index (χ3v) is 4.89. The zero-order valence-corrected chi connectivity index (χ0v) is 16.7. The lowest BCUT2D eigenvalue weighted by molar-refractivity contribution is 0.299. The van der Waals surface area contributed by atoms with E-state index in [1.54, 1.807) is 24.5 Å². The van der Waals surface area contributed by atoms with E-state index < -0.39 is 0 Å². The first-order valence-electron chi connectivity index (χ1n) is 8.74. The summed E-state index contributed by atoms with van der Waals surface area (Å²) < 4.78 is 20.4. The molecule has 28 heavy (non-hydrogen) atoms. The standard InChI is InChI=1S/C22H17BrFN3O/c1-14-10-17(28-12-15-4-2-3-5-19(15)24)7-9-20(14)27-22-18-11-16(23)6-8-21(18)25-13-26-22/h2-11,13H,12H2,1H3,(H,25,26,27). The lowest BCUT2D eigenvalue weighted by Crippen LogP contribution is -2.00. The van der Waals surface area contributed by atoms with Crippen LogP contribution >= 0.6 is 15.9 Å². The Kier molecular flexibility index (Phi) is 5.21. The maximum Gasteiger partial charge on any atom is 0.141 e. The summed E-state index contributed by atoms with van der Waals surface area (Å²) in [5.74, 6) is 1.15. The fourth-order valence-electron chi connectivity index (χ4n) is 2.90. The number of anilines is 2. The van der Waals surface area contributed by atoms with Gasteiger partial charge in [-0.3, -0.25) is 0 Å². The molecular formula is C22H17BrFN3O. The van der Waals surface area contributed by atoms with E-state index in [9.17, 15) is 4.39 Å². The molecule has 0 spiro atoms. The minimum absolute atomic E-state index is 0.184. The Morgan fingerprint density at radius 3 is 2.71 bits per heavy atom. The number of fused-ring (bicyclic) bond motifs is 1. The molecule has 4 rings (SSSR count). The van der Waals surface area contributed by atoms with Crippen molar-refractivity contribution in [2.24, 2.45) is 0 Å². The van der Waals surface area contributed by atoms with Crippen molar-refractivity contribution in [2.45, 2.75) is 13.5 Å². The molecule has 0 bridgehead atoms. The first-order valence-corrected chi connectivity index (χ1v) is 9.53. The molecule has 0 radical (unpaired) electrons. The maximum absolute atomic E-state index is 13.7. The third-order valence-electron chi connectivity index (χ3n) is 4.40. The van der Waals surface area contributed by atoms with E-state index in [1.165, 1.54) is 6.07 Å². The quantitative estimate of drug-likeness (QED) is 0.405. The number of hydrogen-bond acceptors (Lipinski definition) is 4. The maximum atomic E-state index is 13.7. The minimum atomic E-state index is -0.265. The van der Waals surface area contributed by atoms with Gasteiger partial charge in [0.25, 0.3) is 0 Å². The number of halogens is 2. The lowest BCUT2D eigenvalue weighted by atomic mass is 10.1. The highest BCUT2D eigenvalue weighted by atomic mass is 79.9. The van der Waals surface area contributed by atoms with Gasteiger partial charge in [-0.1, -0.05) is 34.1 Å². The molecule has 1 heterocycles. The molecule has 0 saturated carbocycles. The van der Waals surface area contributed by atoms with Gasteiger partial charge in [0, 0.05) is 21.1 Å². The Bertz CT molecular complexity index is 1150. The number of nitrogens with one attached hydrogen (secondary N) is 1. The van der Waals surface area contributed by atoms with Crippen molar-refractivity contribution in [1.29, 1.82) is 0 Å². The molecule has 0 unspecified atom stereocenters. The largest absolute Gasteiger partial charge is 0.489 e. The van der Waals surface area contributed by atoms with Gasteiger partial charge >= 0.3 is 0 Å². The molecule has 4 nitrogen and oxygen atoms in total. The molecule has 0 aliphatic carbocycles. The molecule has 1 aromatic heterocycles. The van der Waals surface area contributed by atoms with Gasteiger partial charge in [-0.25, -0.2) is 14.4 Å². The van der Waals surface area contributed by atoms with Crippen LogP contribution in [0.1, 0.15) is 11.1 Å². The number of aryl methyl sites for hydroxylation is 1. The Balaban J connectivity index is 1.54. The van der Waals surface area contributed by atoms with Crippen LogP contribution in [0.15, 0.2) is 71.5 Å². The van der Waals surface area contributed by atoms with Crippen molar-refractivity contribution < 1.29 is 9.13 Å². The van der Waals surface area contributed by atoms with Crippen molar-refractivity contribution in [3.05, 3.63) is 88.4 Å². The molecule has 140 valence electrons. The second kappa shape index (κ2) is 7.94. The Hall–Kier alpha value is -2.99. The summed E-state index contributed by atoms with van der Waals surface area (Å²) in [6.07, 6.45) is 1.54. The van der Waals surface area contributed by atoms with E-state index in [4.69, 9.17) is 4.74 Å². The highest BCUT2D eigenvalue weighted by Gasteiger charge is 2.08. The number of hydrogen-bond donors (Lipinski definition) is 1. The predicted molar refractivity (Wildman–Crippen MR) is 112 cm³/mol. The van der Waals surface area contributed by atoms with Gasteiger partial charge in [-0.15, -0.1) is 0 Å². The summed E-state index contributed by atoms with van der Waals surface area (Å²) in [6, 6.07) is 18.2. The van der Waals surface area contributed by atoms with Crippen molar-refractivity contribution >= 4 is 38.3 Å². The van der Waals surface area contributed by atoms with Crippen molar-refractivity contribution in [3.63, 3.8) is 0 Å². The Morgan fingerprint density at radius 2 is 1.89 bits per heavy atom. The lowest BCUT2D eigenvalue weighted by Gasteiger charge is -2.13. The molecule has 3 aromatic carbocycles. The zero-order chi connectivity index (χ0) is 19.5. The van der Waals surface area contributed by atoms with E-state index in [1.807, 2.05) is 43.3 Å². The highest BCUT2D eigenvalue weighted by Crippen LogP contribution is 2.29. The van der Waals surface area contributed by atoms with Crippen LogP contribution < -0.4 is 10.1 Å². The fraction of sp³-hybridized carbons (Fsp3) is 0.0909. The van der Waals surface area contributed by atoms with Crippen LogP contribution in [0.3, 0.4) is 0 Å². The van der Waals surface area contributed by atoms with Crippen LogP contribution in [0, 0.1) is 12.7 Å². The number of aromatic nitrogens is 2. The molecule has 0 fully saturated rings. The first-order chi connectivity index (χ1) is 13.6. The molecule has 6 heteroatoms. The van der Waals surface area contributed by atoms with Gasteiger partial charge in [0.2, 0.25) is 0 Å². The molecule has 4 aromatic rings. The summed E-state index contributed by atoms with van der Waals surface area (Å²) in [7, 11) is 0. The van der Waals surface area contributed by atoms with Crippen molar-refractivity contribution in [3.8, 4) is 5.75 Å². The minimum Gasteiger partial charge on any atom is -0.489 e. The molecule has 0 saturated heterocycles. The predicted octanol–water partition coefficient (Wildman–Crippen LogP) is 6.16. The van der Waals surface area contributed by atoms with Crippen molar-refractivity contribution in [2.75, 3.05) is 5.32 Å². The van der Waals surface area contributed by atoms with Crippen molar-refractivity contribution in [1.82, 2.24) is 9.97 Å². The van der Waals surface area contributed by atoms with E-state index >= 15 is 0 Å². The topological polar surface area (TPSA) is 47.0 Å². The molecule has 0 atom stereocenters. The summed E-state index contributed by atoms with van der Waals surface area (Å²) in [5, 5.41) is 4.29. The highest BCUT2D eigenvalue weighted by molar-refractivity contribution is 9.10. The zero-order valence-electron chi connectivity index (χ0n) is 15.1. The molecule has 0 aliphatic rings. The second-order valence-electron chi connectivity index (χ2n) is 6.37. The molecule has 1 N–H and O–H groups in total. The Labute approximate surface area is 170 Å². The molecule has 0 aliphatic heterocycles. The van der Waals surface area contributed by atoms with E-state index in [0.717, 1.165) is 32.4 Å². The van der Waals surface area contributed by atoms with Gasteiger partial charge in [0.15, 0.2) is 0 Å². The second-order valence-corrected chi connectivity index (χ2v) is 7.28. The number of rotatable bonds is 5. The normalized spacial score (nSPS) is 10.8. The summed E-state index contributed by atoms with van der Waals surface area (Å²) in [6.45, 7) is 2.17. The average molecular weight is 438 g/mol. The van der Waals surface area contributed by atoms with E-state index in [-0.39, 0.29) is 12.4 Å². The van der Waals surface area contributed by atoms with Gasteiger partial charge in [0.1, 0.15) is 30.3 Å². The van der Waals surface area contributed by atoms with E-state index in [0.29, 0.717) is 11.3 Å². The van der Waals surface area contributed by atoms with Crippen LogP contribution in [0.2, 0.25) is 0 Å². The number of ether oxygens (including phenoxy) is 1. The van der Waals surface area contributed by atoms with Gasteiger partial charge < -0.3 is 10.1 Å². The fourth-order valence-corrected chi connectivity index (χ4v) is 3.26. The monoisotopic (exact) mass is 437 g/mol. The van der Waals surface area contributed by atoms with Crippen LogP contribution in [0.25, 0.3) is 10.9 Å². The summed E-state index contributed by atoms with van der Waals surface area (Å²) in [5.41, 5.74) is 3.30. The summed E-state index contributed by atoms with van der Waals surface area (Å²) in [4.78, 5) is 8.68. The van der Waals surface area contributed by atoms with Crippen LogP contribution in [0.4, 0.5) is 15.9 Å². The van der Waals surface area contributed by atoms with Gasteiger partial charge in [-0.05, 0) is 55.0 Å². The van der Waals surface area contributed by atoms with Crippen LogP contribution in [-0.4, -0.2) is 9.97 Å². The van der Waals surface area contributed by atoms with Crippen LogP contribution in [0.5, 0.6) is 5.75 Å². The third kappa shape index (κ3) is 3.97. The molecular weight excluding hydrogens is 421 g/mol. The first kappa shape index (κ1) is 18.4. The van der Waals surface area contributed by atoms with Gasteiger partial charge in [-0.2, -0.15) is 0 Å². The number of benzene rings is 3. The smallest absolute Gasteiger partial charge is 0.141 e. The summed E-state index contributed by atoms with van der Waals surface area (Å²) >= 11 is 3.49.